The Bertz CT molecular complexity index is 853. The van der Waals surface area contributed by atoms with E-state index in [-0.39, 0.29) is 24.1 Å². The summed E-state index contributed by atoms with van der Waals surface area (Å²) in [6.45, 7) is 2.28. The monoisotopic (exact) mass is 582 g/mol. The van der Waals surface area contributed by atoms with E-state index in [9.17, 15) is 4.79 Å². The van der Waals surface area contributed by atoms with Gasteiger partial charge in [0.25, 0.3) is 0 Å². The van der Waals surface area contributed by atoms with Gasteiger partial charge in [0.05, 0.1) is 5.69 Å². The zero-order valence-electron chi connectivity index (χ0n) is 24.1. The van der Waals surface area contributed by atoms with E-state index in [1.165, 1.54) is 96.3 Å². The number of alkyl halides is 1. The van der Waals surface area contributed by atoms with Crippen LogP contribution < -0.4 is 17.2 Å². The molecule has 0 atom stereocenters. The van der Waals surface area contributed by atoms with Crippen LogP contribution in [0.4, 0.5) is 23.0 Å². The molecule has 1 amide bonds. The molecule has 0 aliphatic heterocycles. The number of aromatic nitrogens is 1. The lowest BCUT2D eigenvalue weighted by Gasteiger charge is -2.03. The minimum atomic E-state index is -0.153. The molecule has 0 saturated heterocycles. The van der Waals surface area contributed by atoms with E-state index in [2.05, 4.69) is 33.7 Å². The number of nitrogen functional groups attached to an aromatic ring is 2. The van der Waals surface area contributed by atoms with Gasteiger partial charge in [0.1, 0.15) is 11.5 Å². The molecule has 1 aromatic carbocycles. The maximum absolute atomic E-state index is 10.6. The Kier molecular flexibility index (Phi) is 28.5. The van der Waals surface area contributed by atoms with Crippen LogP contribution in [0.15, 0.2) is 52.7 Å². The number of azo groups is 1. The highest BCUT2D eigenvalue weighted by molar-refractivity contribution is 6.15. The van der Waals surface area contributed by atoms with Crippen molar-refractivity contribution >= 4 is 52.9 Å². The van der Waals surface area contributed by atoms with Crippen molar-refractivity contribution in [1.29, 1.82) is 0 Å². The minimum absolute atomic E-state index is 0. The molecule has 2 aromatic rings. The van der Waals surface area contributed by atoms with E-state index >= 15 is 0 Å². The Labute approximate surface area is 248 Å². The topological polar surface area (TPSA) is 133 Å². The highest BCUT2D eigenvalue weighted by Crippen LogP contribution is 2.23. The Balaban J connectivity index is 0. The Morgan fingerprint density at radius 3 is 1.62 bits per heavy atom. The molecule has 1 heterocycles. The van der Waals surface area contributed by atoms with Crippen molar-refractivity contribution in [2.24, 2.45) is 16.0 Å². The molecule has 0 fully saturated rings. The van der Waals surface area contributed by atoms with Gasteiger partial charge in [-0.25, -0.2) is 4.98 Å². The van der Waals surface area contributed by atoms with Crippen molar-refractivity contribution in [3.63, 3.8) is 0 Å². The largest absolute Gasteiger partial charge is 0.384 e. The lowest BCUT2D eigenvalue weighted by atomic mass is 10.0. The van der Waals surface area contributed by atoms with E-state index in [1.807, 2.05) is 30.3 Å². The summed E-state index contributed by atoms with van der Waals surface area (Å²) < 4.78 is 0. The smallest absolute Gasteiger partial charge is 0.217 e. The van der Waals surface area contributed by atoms with Gasteiger partial charge in [-0.1, -0.05) is 115 Å². The number of carbonyl (C=O) groups is 1. The number of primary amides is 1. The molecule has 0 bridgehead atoms. The summed E-state index contributed by atoms with van der Waals surface area (Å²) in [7, 11) is 0. The molecule has 6 N–H and O–H groups in total. The summed E-state index contributed by atoms with van der Waals surface area (Å²) in [6.07, 6.45) is 22.4. The number of benzene rings is 1. The summed E-state index contributed by atoms with van der Waals surface area (Å²) in [5.74, 6) is 0.496. The number of carbonyl (C=O) groups excluding carboxylic acids is 1. The summed E-state index contributed by atoms with van der Waals surface area (Å²) in [5.41, 5.74) is 17.5. The van der Waals surface area contributed by atoms with Gasteiger partial charge in [0.2, 0.25) is 5.91 Å². The number of hydrogen-bond acceptors (Lipinski definition) is 6. The van der Waals surface area contributed by atoms with Gasteiger partial charge in [-0.3, -0.25) is 4.79 Å². The maximum Gasteiger partial charge on any atom is 0.217 e. The number of halogens is 2. The Morgan fingerprint density at radius 2 is 1.18 bits per heavy atom. The van der Waals surface area contributed by atoms with E-state index in [4.69, 9.17) is 17.2 Å². The number of nitrogens with two attached hydrogens (primary N) is 3. The van der Waals surface area contributed by atoms with E-state index in [0.717, 1.165) is 12.1 Å². The molecule has 222 valence electrons. The molecule has 0 radical (unpaired) electrons. The van der Waals surface area contributed by atoms with Gasteiger partial charge in [0.15, 0.2) is 5.82 Å². The van der Waals surface area contributed by atoms with Crippen molar-refractivity contribution in [2.45, 2.75) is 110 Å². The van der Waals surface area contributed by atoms with Gasteiger partial charge in [0, 0.05) is 12.8 Å². The lowest BCUT2D eigenvalue weighted by Crippen LogP contribution is -2.09. The number of nitrogens with zero attached hydrogens (tertiary/aromatic N) is 3. The second-order valence-corrected chi connectivity index (χ2v) is 9.34. The molecule has 0 spiro atoms. The highest BCUT2D eigenvalue weighted by atomic mass is 35.5. The van der Waals surface area contributed by atoms with Crippen molar-refractivity contribution in [3.05, 3.63) is 42.5 Å². The first-order valence-electron chi connectivity index (χ1n) is 14.2. The zero-order valence-corrected chi connectivity index (χ0v) is 25.7. The average molecular weight is 584 g/mol. The third-order valence-electron chi connectivity index (χ3n) is 5.98. The molecule has 2 rings (SSSR count). The first kappa shape index (κ1) is 38.8. The number of anilines is 2. The Morgan fingerprint density at radius 1 is 0.718 bits per heavy atom. The fraction of sp³-hybridized carbons (Fsp3) is 0.600. The van der Waals surface area contributed by atoms with Gasteiger partial charge in [-0.15, -0.1) is 29.1 Å². The molecule has 9 heteroatoms. The van der Waals surface area contributed by atoms with E-state index in [0.29, 0.717) is 17.9 Å². The quantitative estimate of drug-likeness (QED) is 0.0915. The van der Waals surface area contributed by atoms with Crippen LogP contribution in [-0.2, 0) is 4.79 Å². The number of amides is 1. The minimum Gasteiger partial charge on any atom is -0.384 e. The molecule has 0 unspecified atom stereocenters. The fourth-order valence-electron chi connectivity index (χ4n) is 3.84. The molecular weight excluding hydrogens is 531 g/mol. The number of hydrogen-bond donors (Lipinski definition) is 3. The molecular formula is C30H52Cl2N6O. The maximum atomic E-state index is 10.6. The van der Waals surface area contributed by atoms with Crippen LogP contribution in [-0.4, -0.2) is 17.3 Å². The standard InChI is InChI=1S/C18H37NO.C11H11N5.CH3Cl.ClH/c1-2-3-4-5-6-7-8-9-10-11-12-13-14-15-16-17-18(19)20;12-10-7-6-9(11(13)14-10)16-15-8-4-2-1-3-5-8;1-2;/h2-17H2,1H3,(H2,19,20);1-7H,(H4,12,13,14);1H3;1H/b;16-15+;;. The van der Waals surface area contributed by atoms with Crippen LogP contribution in [0.2, 0.25) is 0 Å². The van der Waals surface area contributed by atoms with Crippen LogP contribution >= 0.6 is 24.0 Å². The second-order valence-electron chi connectivity index (χ2n) is 9.34. The van der Waals surface area contributed by atoms with Gasteiger partial charge in [-0.2, -0.15) is 5.11 Å². The van der Waals surface area contributed by atoms with Gasteiger partial charge < -0.3 is 17.2 Å². The molecule has 1 aromatic heterocycles. The van der Waals surface area contributed by atoms with E-state index < -0.39 is 0 Å². The third kappa shape index (κ3) is 24.4. The number of unbranched alkanes of at least 4 members (excludes halogenated alkanes) is 14. The average Bonchev–Trinajstić information content (AvgIpc) is 2.92. The summed E-state index contributed by atoms with van der Waals surface area (Å²) in [5, 5.41) is 8.03. The zero-order chi connectivity index (χ0) is 28.3. The first-order chi connectivity index (χ1) is 18.5. The summed E-state index contributed by atoms with van der Waals surface area (Å²) >= 11 is 4.64. The van der Waals surface area contributed by atoms with Gasteiger partial charge >= 0.3 is 0 Å². The van der Waals surface area contributed by atoms with Crippen LogP contribution in [0.5, 0.6) is 0 Å². The highest BCUT2D eigenvalue weighted by Gasteiger charge is 1.99. The lowest BCUT2D eigenvalue weighted by molar-refractivity contribution is -0.118. The van der Waals surface area contributed by atoms with Crippen LogP contribution in [0, 0.1) is 0 Å². The van der Waals surface area contributed by atoms with Crippen LogP contribution in [0.1, 0.15) is 110 Å². The third-order valence-corrected chi connectivity index (χ3v) is 5.98. The normalized spacial score (nSPS) is 10.1. The second kappa shape index (κ2) is 28.6. The summed E-state index contributed by atoms with van der Waals surface area (Å²) in [4.78, 5) is 14.4. The van der Waals surface area contributed by atoms with Crippen molar-refractivity contribution in [3.8, 4) is 0 Å². The molecule has 0 aliphatic carbocycles. The van der Waals surface area contributed by atoms with E-state index in [1.54, 1.807) is 12.1 Å². The van der Waals surface area contributed by atoms with Crippen molar-refractivity contribution in [1.82, 2.24) is 4.98 Å². The molecule has 7 nitrogen and oxygen atoms in total. The van der Waals surface area contributed by atoms with Crippen LogP contribution in [0.25, 0.3) is 0 Å². The fourth-order valence-corrected chi connectivity index (χ4v) is 3.84. The van der Waals surface area contributed by atoms with Gasteiger partial charge in [-0.05, 0) is 30.7 Å². The van der Waals surface area contributed by atoms with Crippen LogP contribution in [0.3, 0.4) is 0 Å². The molecule has 39 heavy (non-hydrogen) atoms. The predicted molar refractivity (Wildman–Crippen MR) is 171 cm³/mol. The molecule has 0 saturated carbocycles. The Hall–Kier alpha value is -2.38. The van der Waals surface area contributed by atoms with Crippen molar-refractivity contribution < 1.29 is 4.79 Å². The number of pyridine rings is 1. The summed E-state index contributed by atoms with van der Waals surface area (Å²) in [6, 6.07) is 12.7. The van der Waals surface area contributed by atoms with Crippen molar-refractivity contribution in [2.75, 3.05) is 17.9 Å². The molecule has 0 aliphatic rings. The predicted octanol–water partition coefficient (Wildman–Crippen LogP) is 9.67. The SMILES string of the molecule is CCCCCCCCCCCCCCCCCC(N)=O.CCl.Cl.Nc1ccc(/N=N/c2ccccc2)c(N)n1. The first-order valence-corrected chi connectivity index (χ1v) is 14.9. The number of rotatable bonds is 18.